The summed E-state index contributed by atoms with van der Waals surface area (Å²) in [5.41, 5.74) is 0. The molecule has 0 bridgehead atoms. The zero-order chi connectivity index (χ0) is 5.86. The van der Waals surface area contributed by atoms with Gasteiger partial charge < -0.3 is 4.90 Å². The number of halogens is 2. The second-order valence-electron chi connectivity index (χ2n) is 1.80. The van der Waals surface area contributed by atoms with Crippen LogP contribution in [0.25, 0.3) is 0 Å². The van der Waals surface area contributed by atoms with E-state index in [-0.39, 0.29) is 6.54 Å². The van der Waals surface area contributed by atoms with Crippen LogP contribution in [0.4, 0.5) is 8.78 Å². The first-order valence-corrected chi connectivity index (χ1v) is 2.20. The molecule has 0 amide bonds. The van der Waals surface area contributed by atoms with Crippen molar-refractivity contribution in [3.63, 3.8) is 0 Å². The van der Waals surface area contributed by atoms with Gasteiger partial charge in [0.15, 0.2) is 0 Å². The van der Waals surface area contributed by atoms with Crippen molar-refractivity contribution in [1.29, 1.82) is 0 Å². The molecule has 0 atom stereocenters. The van der Waals surface area contributed by atoms with Crippen molar-refractivity contribution in [3.05, 3.63) is 0 Å². The van der Waals surface area contributed by atoms with Gasteiger partial charge in [-0.05, 0) is 0 Å². The molecule has 7 heavy (non-hydrogen) atoms. The molecular weight excluding hydrogens is 100 g/mol. The minimum absolute atomic E-state index is 0.0556. The Balaban J connectivity index is 2.95. The molecule has 0 radical (unpaired) electrons. The van der Waals surface area contributed by atoms with Crippen molar-refractivity contribution in [2.24, 2.45) is 0 Å². The highest BCUT2D eigenvalue weighted by molar-refractivity contribution is 4.24. The highest BCUT2D eigenvalue weighted by Gasteiger charge is 2.04. The van der Waals surface area contributed by atoms with Crippen LogP contribution in [0.2, 0.25) is 0 Å². The summed E-state index contributed by atoms with van der Waals surface area (Å²) in [6, 6.07) is 0. The van der Waals surface area contributed by atoms with Crippen LogP contribution >= 0.6 is 0 Å². The molecule has 0 fully saturated rings. The molecule has 44 valence electrons. The van der Waals surface area contributed by atoms with Gasteiger partial charge in [0.25, 0.3) is 6.43 Å². The van der Waals surface area contributed by atoms with E-state index in [0.29, 0.717) is 0 Å². The average Bonchev–Trinajstić information content (AvgIpc) is 1.27. The van der Waals surface area contributed by atoms with Gasteiger partial charge in [0.2, 0.25) is 0 Å². The normalized spacial score (nSPS) is 11.1. The lowest BCUT2D eigenvalue weighted by Gasteiger charge is -2.03. The van der Waals surface area contributed by atoms with Gasteiger partial charge in [-0.3, -0.25) is 0 Å². The van der Waals surface area contributed by atoms with Gasteiger partial charge in [-0.1, -0.05) is 0 Å². The van der Waals surface area contributed by atoms with Gasteiger partial charge in [0.1, 0.15) is 6.54 Å². The molecule has 0 saturated carbocycles. The summed E-state index contributed by atoms with van der Waals surface area (Å²) in [6.45, 7) is -0.0556. The lowest BCUT2D eigenvalue weighted by atomic mass is 10.6. The van der Waals surface area contributed by atoms with E-state index >= 15 is 0 Å². The third kappa shape index (κ3) is 5.82. The minimum atomic E-state index is -2.16. The number of hydrogen-bond donors (Lipinski definition) is 1. The molecule has 0 spiro atoms. The third-order valence-electron chi connectivity index (χ3n) is 0.563. The van der Waals surface area contributed by atoms with Crippen LogP contribution in [0, 0.1) is 0 Å². The topological polar surface area (TPSA) is 4.44 Å². The number of nitrogens with one attached hydrogen (secondary N) is 1. The van der Waals surface area contributed by atoms with Gasteiger partial charge in [-0.25, -0.2) is 8.78 Å². The Morgan fingerprint density at radius 3 is 1.86 bits per heavy atom. The molecule has 0 aliphatic heterocycles. The summed E-state index contributed by atoms with van der Waals surface area (Å²) >= 11 is 0. The summed E-state index contributed by atoms with van der Waals surface area (Å²) in [5.74, 6) is 0. The Hall–Kier alpha value is -0.180. The molecule has 0 aliphatic rings. The maximum absolute atomic E-state index is 11.3. The maximum atomic E-state index is 11.3. The van der Waals surface area contributed by atoms with Crippen LogP contribution in [0.15, 0.2) is 0 Å². The first-order valence-electron chi connectivity index (χ1n) is 2.20. The van der Waals surface area contributed by atoms with E-state index in [4.69, 9.17) is 0 Å². The van der Waals surface area contributed by atoms with E-state index in [1.807, 2.05) is 0 Å². The van der Waals surface area contributed by atoms with Crippen LogP contribution < -0.4 is 4.90 Å². The Labute approximate surface area is 41.9 Å². The van der Waals surface area contributed by atoms with Crippen molar-refractivity contribution in [3.8, 4) is 0 Å². The minimum Gasteiger partial charge on any atom is -0.335 e. The van der Waals surface area contributed by atoms with Crippen molar-refractivity contribution in [2.45, 2.75) is 6.43 Å². The smallest absolute Gasteiger partial charge is 0.286 e. The zero-order valence-corrected chi connectivity index (χ0v) is 4.54. The van der Waals surface area contributed by atoms with Crippen LogP contribution in [-0.2, 0) is 0 Å². The number of rotatable bonds is 2. The largest absolute Gasteiger partial charge is 0.335 e. The molecule has 1 N–H and O–H groups in total. The van der Waals surface area contributed by atoms with Crippen molar-refractivity contribution in [1.82, 2.24) is 0 Å². The maximum Gasteiger partial charge on any atom is 0.286 e. The second-order valence-corrected chi connectivity index (χ2v) is 1.80. The fourth-order valence-electron chi connectivity index (χ4n) is 0.309. The molecule has 0 aromatic heterocycles. The summed E-state index contributed by atoms with van der Waals surface area (Å²) in [7, 11) is 3.40. The van der Waals surface area contributed by atoms with Gasteiger partial charge in [0.05, 0.1) is 14.1 Å². The quantitative estimate of drug-likeness (QED) is 0.484. The number of quaternary nitrogens is 1. The highest BCUT2D eigenvalue weighted by atomic mass is 19.3. The fraction of sp³-hybridized carbons (Fsp3) is 1.00. The third-order valence-corrected chi connectivity index (χ3v) is 0.563. The van der Waals surface area contributed by atoms with E-state index in [2.05, 4.69) is 0 Å². The zero-order valence-electron chi connectivity index (χ0n) is 4.54. The molecule has 0 rings (SSSR count). The predicted molar refractivity (Wildman–Crippen MR) is 23.7 cm³/mol. The molecule has 0 aromatic rings. The molecule has 0 unspecified atom stereocenters. The lowest BCUT2D eigenvalue weighted by molar-refractivity contribution is -0.862. The van der Waals surface area contributed by atoms with Gasteiger partial charge in [-0.15, -0.1) is 0 Å². The monoisotopic (exact) mass is 110 g/mol. The molecule has 0 saturated heterocycles. The SMILES string of the molecule is C[NH+](C)CC(F)F. The van der Waals surface area contributed by atoms with E-state index in [1.165, 1.54) is 0 Å². The second kappa shape index (κ2) is 2.91. The van der Waals surface area contributed by atoms with E-state index in [9.17, 15) is 8.78 Å². The lowest BCUT2D eigenvalue weighted by Crippen LogP contribution is -3.06. The van der Waals surface area contributed by atoms with Crippen molar-refractivity contribution in [2.75, 3.05) is 20.6 Å². The van der Waals surface area contributed by atoms with Gasteiger partial charge >= 0.3 is 0 Å². The Bertz CT molecular complexity index is 39.0. The summed E-state index contributed by atoms with van der Waals surface area (Å²) < 4.78 is 22.5. The fourth-order valence-corrected chi connectivity index (χ4v) is 0.309. The highest BCUT2D eigenvalue weighted by Crippen LogP contribution is 1.82. The average molecular weight is 110 g/mol. The van der Waals surface area contributed by atoms with E-state index in [1.54, 1.807) is 14.1 Å². The first kappa shape index (κ1) is 6.82. The molecule has 3 heteroatoms. The van der Waals surface area contributed by atoms with Gasteiger partial charge in [-0.2, -0.15) is 0 Å². The number of hydrogen-bond acceptors (Lipinski definition) is 0. The molecule has 0 heterocycles. The first-order chi connectivity index (χ1) is 3.13. The Kier molecular flexibility index (Phi) is 2.83. The van der Waals surface area contributed by atoms with E-state index < -0.39 is 6.43 Å². The van der Waals surface area contributed by atoms with Crippen molar-refractivity contribution < 1.29 is 13.7 Å². The Morgan fingerprint density at radius 2 is 1.86 bits per heavy atom. The van der Waals surface area contributed by atoms with E-state index in [0.717, 1.165) is 4.90 Å². The standard InChI is InChI=1S/C4H9F2N/c1-7(2)3-4(5)6/h4H,3H2,1-2H3/p+1. The van der Waals surface area contributed by atoms with Crippen LogP contribution in [0.5, 0.6) is 0 Å². The predicted octanol–water partition coefficient (Wildman–Crippen LogP) is -0.604. The van der Waals surface area contributed by atoms with Crippen molar-refractivity contribution >= 4 is 0 Å². The molecule has 1 nitrogen and oxygen atoms in total. The molecular formula is C4H10F2N+. The van der Waals surface area contributed by atoms with Gasteiger partial charge in [0, 0.05) is 0 Å². The summed E-state index contributed by atoms with van der Waals surface area (Å²) in [5, 5.41) is 0. The molecule has 0 aliphatic carbocycles. The van der Waals surface area contributed by atoms with Crippen LogP contribution in [-0.4, -0.2) is 27.1 Å². The summed E-state index contributed by atoms with van der Waals surface area (Å²) in [4.78, 5) is 0.787. The van der Waals surface area contributed by atoms with Crippen LogP contribution in [0.1, 0.15) is 0 Å². The van der Waals surface area contributed by atoms with Crippen LogP contribution in [0.3, 0.4) is 0 Å². The summed E-state index contributed by atoms with van der Waals surface area (Å²) in [6.07, 6.45) is -2.16. The molecule has 0 aromatic carbocycles. The Morgan fingerprint density at radius 1 is 1.43 bits per heavy atom. The number of alkyl halides is 2.